The van der Waals surface area contributed by atoms with E-state index in [1.54, 1.807) is 6.07 Å². The van der Waals surface area contributed by atoms with E-state index in [-0.39, 0.29) is 22.0 Å². The predicted octanol–water partition coefficient (Wildman–Crippen LogP) is 2.52. The summed E-state index contributed by atoms with van der Waals surface area (Å²) in [6.45, 7) is 4.35. The molecule has 1 aromatic carbocycles. The Morgan fingerprint density at radius 1 is 1.38 bits per heavy atom. The van der Waals surface area contributed by atoms with Crippen LogP contribution in [0.3, 0.4) is 0 Å². The molecule has 0 amide bonds. The van der Waals surface area contributed by atoms with Gasteiger partial charge in [0, 0.05) is 12.1 Å². The fourth-order valence-corrected chi connectivity index (χ4v) is 4.36. The van der Waals surface area contributed by atoms with Crippen molar-refractivity contribution in [3.63, 3.8) is 0 Å². The third kappa shape index (κ3) is 3.89. The lowest BCUT2D eigenvalue weighted by molar-refractivity contribution is 0.212. The van der Waals surface area contributed by atoms with E-state index in [9.17, 15) is 8.42 Å². The number of nitrogen functional groups attached to an aromatic ring is 1. The molecule has 0 aliphatic heterocycles. The van der Waals surface area contributed by atoms with Gasteiger partial charge in [0.25, 0.3) is 0 Å². The van der Waals surface area contributed by atoms with Crippen LogP contribution in [0.4, 0.5) is 5.69 Å². The van der Waals surface area contributed by atoms with Crippen LogP contribution in [0.25, 0.3) is 0 Å². The second-order valence-electron chi connectivity index (χ2n) is 6.48. The normalized spacial score (nSPS) is 22.0. The molecule has 0 spiro atoms. The van der Waals surface area contributed by atoms with Gasteiger partial charge in [0.2, 0.25) is 10.0 Å². The molecule has 1 aliphatic rings. The van der Waals surface area contributed by atoms with E-state index in [0.29, 0.717) is 5.75 Å². The molecule has 1 fully saturated rings. The lowest BCUT2D eigenvalue weighted by Crippen LogP contribution is -2.40. The second-order valence-corrected chi connectivity index (χ2v) is 8.16. The lowest BCUT2D eigenvalue weighted by Gasteiger charge is -2.35. The zero-order valence-electron chi connectivity index (χ0n) is 12.8. The molecule has 1 aromatic rings. The molecule has 0 radical (unpaired) electrons. The first-order chi connectivity index (χ1) is 9.73. The summed E-state index contributed by atoms with van der Waals surface area (Å²) in [5.74, 6) is 0.547. The van der Waals surface area contributed by atoms with Gasteiger partial charge in [0.1, 0.15) is 10.6 Å². The first-order valence-corrected chi connectivity index (χ1v) is 8.68. The zero-order chi connectivity index (χ0) is 15.7. The van der Waals surface area contributed by atoms with Crippen LogP contribution >= 0.6 is 0 Å². The molecular weight excluding hydrogens is 288 g/mol. The number of benzene rings is 1. The van der Waals surface area contributed by atoms with Gasteiger partial charge in [-0.3, -0.25) is 0 Å². The van der Waals surface area contributed by atoms with Crippen molar-refractivity contribution in [2.75, 3.05) is 12.8 Å². The Bertz CT molecular complexity index is 611. The summed E-state index contributed by atoms with van der Waals surface area (Å²) in [6.07, 6.45) is 3.90. The largest absolute Gasteiger partial charge is 0.497 e. The number of ether oxygens (including phenoxy) is 1. The van der Waals surface area contributed by atoms with Crippen LogP contribution < -0.4 is 15.2 Å². The van der Waals surface area contributed by atoms with Gasteiger partial charge in [-0.05, 0) is 36.8 Å². The van der Waals surface area contributed by atoms with E-state index in [1.807, 2.05) is 0 Å². The van der Waals surface area contributed by atoms with Crippen LogP contribution in [0.1, 0.15) is 39.5 Å². The highest BCUT2D eigenvalue weighted by molar-refractivity contribution is 7.89. The Kier molecular flexibility index (Phi) is 4.49. The van der Waals surface area contributed by atoms with Crippen LogP contribution in [-0.4, -0.2) is 21.6 Å². The van der Waals surface area contributed by atoms with E-state index in [2.05, 4.69) is 18.6 Å². The number of anilines is 1. The minimum Gasteiger partial charge on any atom is -0.497 e. The van der Waals surface area contributed by atoms with E-state index in [1.165, 1.54) is 19.2 Å². The Hall–Kier alpha value is -1.27. The van der Waals surface area contributed by atoms with Gasteiger partial charge >= 0.3 is 0 Å². The highest BCUT2D eigenvalue weighted by atomic mass is 32.2. The van der Waals surface area contributed by atoms with Gasteiger partial charge in [-0.25, -0.2) is 13.1 Å². The molecule has 0 aromatic heterocycles. The molecule has 2 rings (SSSR count). The monoisotopic (exact) mass is 312 g/mol. The highest BCUT2D eigenvalue weighted by Gasteiger charge is 2.31. The summed E-state index contributed by atoms with van der Waals surface area (Å²) < 4.78 is 32.8. The number of nitrogens with one attached hydrogen (secondary N) is 1. The van der Waals surface area contributed by atoms with Crippen molar-refractivity contribution in [1.29, 1.82) is 0 Å². The molecule has 1 aliphatic carbocycles. The van der Waals surface area contributed by atoms with Crippen molar-refractivity contribution < 1.29 is 13.2 Å². The smallest absolute Gasteiger partial charge is 0.242 e. The molecular formula is C15H24N2O3S. The third-order valence-corrected chi connectivity index (χ3v) is 5.63. The van der Waals surface area contributed by atoms with Gasteiger partial charge in [-0.15, -0.1) is 0 Å². The van der Waals surface area contributed by atoms with Crippen molar-refractivity contribution in [3.05, 3.63) is 18.2 Å². The number of nitrogens with two attached hydrogens (primary N) is 1. The standard InChI is InChI=1S/C15H24N2O3S/c1-15(2)8-4-5-11(10-15)17-21(18,19)14-7-6-12(20-3)9-13(14)16/h6-7,9,11,17H,4-5,8,10,16H2,1-3H3. The van der Waals surface area contributed by atoms with E-state index in [0.717, 1.165) is 25.7 Å². The summed E-state index contributed by atoms with van der Waals surface area (Å²) in [5, 5.41) is 0. The molecule has 6 heteroatoms. The van der Waals surface area contributed by atoms with Gasteiger partial charge in [0.15, 0.2) is 0 Å². The average Bonchev–Trinajstić information content (AvgIpc) is 2.36. The molecule has 0 saturated heterocycles. The fraction of sp³-hybridized carbons (Fsp3) is 0.600. The Morgan fingerprint density at radius 3 is 2.67 bits per heavy atom. The first-order valence-electron chi connectivity index (χ1n) is 7.19. The van der Waals surface area contributed by atoms with Crippen molar-refractivity contribution in [2.24, 2.45) is 5.41 Å². The van der Waals surface area contributed by atoms with Crippen molar-refractivity contribution in [2.45, 2.75) is 50.5 Å². The lowest BCUT2D eigenvalue weighted by atomic mass is 9.75. The number of rotatable bonds is 4. The predicted molar refractivity (Wildman–Crippen MR) is 83.8 cm³/mol. The minimum atomic E-state index is -3.60. The average molecular weight is 312 g/mol. The Labute approximate surface area is 126 Å². The van der Waals surface area contributed by atoms with Crippen LogP contribution in [0.2, 0.25) is 0 Å². The molecule has 3 N–H and O–H groups in total. The quantitative estimate of drug-likeness (QED) is 0.837. The van der Waals surface area contributed by atoms with Gasteiger partial charge in [-0.2, -0.15) is 0 Å². The second kappa shape index (κ2) is 5.85. The van der Waals surface area contributed by atoms with Crippen molar-refractivity contribution >= 4 is 15.7 Å². The molecule has 1 unspecified atom stereocenters. The maximum Gasteiger partial charge on any atom is 0.242 e. The maximum absolute atomic E-state index is 12.5. The molecule has 5 nitrogen and oxygen atoms in total. The fourth-order valence-electron chi connectivity index (χ4n) is 2.98. The van der Waals surface area contributed by atoms with E-state index < -0.39 is 10.0 Å². The van der Waals surface area contributed by atoms with Crippen LogP contribution in [0.5, 0.6) is 5.75 Å². The summed E-state index contributed by atoms with van der Waals surface area (Å²) >= 11 is 0. The third-order valence-electron chi connectivity index (χ3n) is 4.03. The summed E-state index contributed by atoms with van der Waals surface area (Å²) in [4.78, 5) is 0.117. The molecule has 118 valence electrons. The summed E-state index contributed by atoms with van der Waals surface area (Å²) in [6, 6.07) is 4.60. The van der Waals surface area contributed by atoms with E-state index in [4.69, 9.17) is 10.5 Å². The van der Waals surface area contributed by atoms with Crippen molar-refractivity contribution in [1.82, 2.24) is 4.72 Å². The van der Waals surface area contributed by atoms with Gasteiger partial charge in [-0.1, -0.05) is 20.3 Å². The molecule has 1 saturated carbocycles. The maximum atomic E-state index is 12.5. The molecule has 0 heterocycles. The van der Waals surface area contributed by atoms with Gasteiger partial charge in [0.05, 0.1) is 12.8 Å². The summed E-state index contributed by atoms with van der Waals surface area (Å²) in [7, 11) is -2.08. The van der Waals surface area contributed by atoms with Crippen LogP contribution in [0.15, 0.2) is 23.1 Å². The number of methoxy groups -OCH3 is 1. The van der Waals surface area contributed by atoms with Crippen molar-refractivity contribution in [3.8, 4) is 5.75 Å². The Morgan fingerprint density at radius 2 is 2.10 bits per heavy atom. The number of hydrogen-bond acceptors (Lipinski definition) is 4. The molecule has 0 bridgehead atoms. The summed E-state index contributed by atoms with van der Waals surface area (Å²) in [5.41, 5.74) is 6.23. The molecule has 1 atom stereocenters. The Balaban J connectivity index is 2.19. The van der Waals surface area contributed by atoms with Crippen LogP contribution in [0, 0.1) is 5.41 Å². The van der Waals surface area contributed by atoms with Gasteiger partial charge < -0.3 is 10.5 Å². The minimum absolute atomic E-state index is 0.0275. The topological polar surface area (TPSA) is 81.4 Å². The van der Waals surface area contributed by atoms with Crippen LogP contribution in [-0.2, 0) is 10.0 Å². The zero-order valence-corrected chi connectivity index (χ0v) is 13.7. The highest BCUT2D eigenvalue weighted by Crippen LogP contribution is 2.36. The number of hydrogen-bond donors (Lipinski definition) is 2. The molecule has 21 heavy (non-hydrogen) atoms. The number of sulfonamides is 1. The SMILES string of the molecule is COc1ccc(S(=O)(=O)NC2CCCC(C)(C)C2)c(N)c1. The first kappa shape index (κ1) is 16.1. The van der Waals surface area contributed by atoms with E-state index >= 15 is 0 Å².